The largest absolute Gasteiger partial charge is 0.369 e. The molecule has 146 valence electrons. The maximum atomic E-state index is 12.7. The summed E-state index contributed by atoms with van der Waals surface area (Å²) in [6.07, 6.45) is 0. The first kappa shape index (κ1) is 19.9. The van der Waals surface area contributed by atoms with Crippen LogP contribution in [0.3, 0.4) is 0 Å². The number of hydrogen-bond acceptors (Lipinski definition) is 4. The number of nitrogens with one attached hydrogen (secondary N) is 2. The summed E-state index contributed by atoms with van der Waals surface area (Å²) in [5, 5.41) is 3.36. The number of piperazine rings is 1. The number of halogens is 1. The third-order valence-corrected chi connectivity index (χ3v) is 6.56. The molecule has 2 heterocycles. The minimum atomic E-state index is -3.55. The van der Waals surface area contributed by atoms with Crippen molar-refractivity contribution in [2.24, 2.45) is 0 Å². The third kappa shape index (κ3) is 3.91. The van der Waals surface area contributed by atoms with Gasteiger partial charge in [-0.25, -0.2) is 0 Å². The van der Waals surface area contributed by atoms with Gasteiger partial charge in [-0.05, 0) is 30.2 Å². The van der Waals surface area contributed by atoms with Gasteiger partial charge in [-0.1, -0.05) is 30.3 Å². The Bertz CT molecular complexity index is 914. The van der Waals surface area contributed by atoms with Crippen LogP contribution in [0.4, 0.5) is 11.4 Å². The fourth-order valence-corrected chi connectivity index (χ4v) is 4.88. The topological polar surface area (TPSA) is 64.7 Å². The van der Waals surface area contributed by atoms with Crippen molar-refractivity contribution in [2.45, 2.75) is 20.0 Å². The van der Waals surface area contributed by atoms with Crippen molar-refractivity contribution in [3.63, 3.8) is 0 Å². The highest BCUT2D eigenvalue weighted by molar-refractivity contribution is 7.90. The van der Waals surface area contributed by atoms with E-state index in [9.17, 15) is 8.42 Å². The van der Waals surface area contributed by atoms with E-state index in [1.807, 2.05) is 43.3 Å². The van der Waals surface area contributed by atoms with Crippen LogP contribution < -0.4 is 19.2 Å². The molecular formula is C19H25ClN4O2S. The van der Waals surface area contributed by atoms with Crippen LogP contribution in [0.15, 0.2) is 42.5 Å². The number of anilines is 2. The standard InChI is InChI=1S/C19H24N4O2S.ClH/c1-15-5-2-3-6-16(15)14-23-19-8-4-7-18(22-11-9-20-10-12-22)17(19)13-21-26(23,24)25;/h2-8,20-21H,9-14H2,1H3;1H. The molecule has 2 aliphatic rings. The first-order valence-electron chi connectivity index (χ1n) is 8.96. The van der Waals surface area contributed by atoms with Crippen molar-refractivity contribution in [2.75, 3.05) is 35.4 Å². The SMILES string of the molecule is Cc1ccccc1CN1c2cccc(N3CCNCC3)c2CNS1(=O)=O.Cl. The van der Waals surface area contributed by atoms with E-state index in [0.717, 1.165) is 54.2 Å². The average molecular weight is 409 g/mol. The molecule has 2 aromatic carbocycles. The number of rotatable bonds is 3. The number of benzene rings is 2. The normalized spacial score (nSPS) is 18.6. The van der Waals surface area contributed by atoms with Crippen molar-refractivity contribution in [1.82, 2.24) is 10.0 Å². The molecule has 2 N–H and O–H groups in total. The van der Waals surface area contributed by atoms with Gasteiger partial charge >= 0.3 is 10.2 Å². The summed E-state index contributed by atoms with van der Waals surface area (Å²) in [6.45, 7) is 6.44. The van der Waals surface area contributed by atoms with E-state index in [0.29, 0.717) is 13.1 Å². The molecule has 0 saturated carbocycles. The summed E-state index contributed by atoms with van der Waals surface area (Å²) < 4.78 is 29.7. The first-order valence-corrected chi connectivity index (χ1v) is 10.4. The second kappa shape index (κ2) is 8.06. The van der Waals surface area contributed by atoms with E-state index in [-0.39, 0.29) is 12.4 Å². The van der Waals surface area contributed by atoms with Crippen LogP contribution in [0.1, 0.15) is 16.7 Å². The molecule has 0 amide bonds. The predicted molar refractivity (Wildman–Crippen MR) is 112 cm³/mol. The zero-order valence-electron chi connectivity index (χ0n) is 15.3. The lowest BCUT2D eigenvalue weighted by atomic mass is 10.1. The van der Waals surface area contributed by atoms with Gasteiger partial charge in [0.1, 0.15) is 0 Å². The molecule has 0 atom stereocenters. The van der Waals surface area contributed by atoms with E-state index in [1.165, 1.54) is 4.31 Å². The molecule has 1 saturated heterocycles. The van der Waals surface area contributed by atoms with Crippen molar-refractivity contribution in [1.29, 1.82) is 0 Å². The number of nitrogens with zero attached hydrogens (tertiary/aromatic N) is 2. The summed E-state index contributed by atoms with van der Waals surface area (Å²) >= 11 is 0. The van der Waals surface area contributed by atoms with Gasteiger partial charge in [0.25, 0.3) is 0 Å². The highest BCUT2D eigenvalue weighted by atomic mass is 35.5. The molecule has 0 spiro atoms. The van der Waals surface area contributed by atoms with Gasteiger partial charge in [0.2, 0.25) is 0 Å². The van der Waals surface area contributed by atoms with Crippen LogP contribution in [0, 0.1) is 6.92 Å². The van der Waals surface area contributed by atoms with Crippen molar-refractivity contribution < 1.29 is 8.42 Å². The Morgan fingerprint density at radius 2 is 1.70 bits per heavy atom. The Morgan fingerprint density at radius 3 is 2.44 bits per heavy atom. The van der Waals surface area contributed by atoms with Gasteiger partial charge in [0.05, 0.1) is 12.2 Å². The minimum Gasteiger partial charge on any atom is -0.369 e. The highest BCUT2D eigenvalue weighted by Crippen LogP contribution is 2.35. The fraction of sp³-hybridized carbons (Fsp3) is 0.368. The van der Waals surface area contributed by atoms with Crippen LogP contribution >= 0.6 is 12.4 Å². The number of hydrogen-bond donors (Lipinski definition) is 2. The van der Waals surface area contributed by atoms with Crippen LogP contribution in [0.25, 0.3) is 0 Å². The first-order chi connectivity index (χ1) is 12.6. The highest BCUT2D eigenvalue weighted by Gasteiger charge is 2.32. The molecule has 0 aromatic heterocycles. The van der Waals surface area contributed by atoms with E-state index >= 15 is 0 Å². The molecule has 0 aliphatic carbocycles. The number of aryl methyl sites for hydroxylation is 1. The summed E-state index contributed by atoms with van der Waals surface area (Å²) in [7, 11) is -3.55. The maximum absolute atomic E-state index is 12.7. The number of fused-ring (bicyclic) bond motifs is 1. The van der Waals surface area contributed by atoms with Gasteiger partial charge < -0.3 is 10.2 Å². The minimum absolute atomic E-state index is 0. The fourth-order valence-electron chi connectivity index (χ4n) is 3.66. The van der Waals surface area contributed by atoms with Crippen LogP contribution in [0.2, 0.25) is 0 Å². The van der Waals surface area contributed by atoms with Gasteiger partial charge in [0.15, 0.2) is 0 Å². The van der Waals surface area contributed by atoms with Crippen LogP contribution in [0.5, 0.6) is 0 Å². The second-order valence-electron chi connectivity index (χ2n) is 6.77. The Kier molecular flexibility index (Phi) is 5.95. The van der Waals surface area contributed by atoms with Gasteiger partial charge in [-0.2, -0.15) is 13.1 Å². The lowest BCUT2D eigenvalue weighted by Gasteiger charge is -2.36. The van der Waals surface area contributed by atoms with Crippen molar-refractivity contribution in [3.05, 3.63) is 59.2 Å². The lowest BCUT2D eigenvalue weighted by molar-refractivity contribution is 0.568. The van der Waals surface area contributed by atoms with E-state index in [2.05, 4.69) is 21.0 Å². The maximum Gasteiger partial charge on any atom is 0.302 e. The second-order valence-corrected chi connectivity index (χ2v) is 8.45. The lowest BCUT2D eigenvalue weighted by Crippen LogP contribution is -2.47. The Hall–Kier alpha value is -1.80. The molecule has 8 heteroatoms. The molecule has 0 radical (unpaired) electrons. The third-order valence-electron chi connectivity index (χ3n) is 5.15. The van der Waals surface area contributed by atoms with Crippen molar-refractivity contribution in [3.8, 4) is 0 Å². The molecule has 0 bridgehead atoms. The van der Waals surface area contributed by atoms with Crippen LogP contribution in [-0.2, 0) is 23.3 Å². The summed E-state index contributed by atoms with van der Waals surface area (Å²) in [5.74, 6) is 0. The smallest absolute Gasteiger partial charge is 0.302 e. The average Bonchev–Trinajstić information content (AvgIpc) is 2.65. The predicted octanol–water partition coefficient (Wildman–Crippen LogP) is 2.18. The molecule has 4 rings (SSSR count). The van der Waals surface area contributed by atoms with Crippen LogP contribution in [-0.4, -0.2) is 34.6 Å². The summed E-state index contributed by atoms with van der Waals surface area (Å²) in [4.78, 5) is 2.33. The summed E-state index contributed by atoms with van der Waals surface area (Å²) in [5.41, 5.74) is 5.06. The van der Waals surface area contributed by atoms with E-state index in [4.69, 9.17) is 0 Å². The van der Waals surface area contributed by atoms with Crippen molar-refractivity contribution >= 4 is 34.0 Å². The quantitative estimate of drug-likeness (QED) is 0.817. The molecule has 2 aromatic rings. The van der Waals surface area contributed by atoms with Gasteiger partial charge in [-0.15, -0.1) is 12.4 Å². The molecular weight excluding hydrogens is 384 g/mol. The van der Waals surface area contributed by atoms with E-state index in [1.54, 1.807) is 0 Å². The van der Waals surface area contributed by atoms with E-state index < -0.39 is 10.2 Å². The zero-order valence-corrected chi connectivity index (χ0v) is 16.9. The molecule has 6 nitrogen and oxygen atoms in total. The molecule has 0 unspecified atom stereocenters. The Balaban J connectivity index is 0.00000210. The molecule has 27 heavy (non-hydrogen) atoms. The summed E-state index contributed by atoms with van der Waals surface area (Å²) in [6, 6.07) is 13.9. The van der Waals surface area contributed by atoms with Gasteiger partial charge in [0, 0.05) is 44.0 Å². The zero-order chi connectivity index (χ0) is 18.1. The molecule has 1 fully saturated rings. The monoisotopic (exact) mass is 408 g/mol. The van der Waals surface area contributed by atoms with Gasteiger partial charge in [-0.3, -0.25) is 4.31 Å². The Morgan fingerprint density at radius 1 is 1.00 bits per heavy atom. The molecule has 2 aliphatic heterocycles. The Labute approximate surface area is 167 Å².